The maximum Gasteiger partial charge on any atom is 0.226 e. The first-order valence-electron chi connectivity index (χ1n) is 5.57. The molecule has 16 heavy (non-hydrogen) atoms. The summed E-state index contributed by atoms with van der Waals surface area (Å²) >= 11 is 0. The third-order valence-corrected chi connectivity index (χ3v) is 2.64. The van der Waals surface area contributed by atoms with E-state index in [9.17, 15) is 0 Å². The summed E-state index contributed by atoms with van der Waals surface area (Å²) < 4.78 is 5.33. The molecule has 1 unspecified atom stereocenters. The Kier molecular flexibility index (Phi) is 3.56. The summed E-state index contributed by atoms with van der Waals surface area (Å²) in [6.45, 7) is 2.67. The summed E-state index contributed by atoms with van der Waals surface area (Å²) in [5, 5.41) is 3.32. The van der Waals surface area contributed by atoms with Gasteiger partial charge in [-0.25, -0.2) is 4.98 Å². The second-order valence-corrected chi connectivity index (χ2v) is 4.25. The molecule has 0 amide bonds. The van der Waals surface area contributed by atoms with Crippen LogP contribution in [0.25, 0.3) is 0 Å². The van der Waals surface area contributed by atoms with Crippen LogP contribution in [0.5, 0.6) is 0 Å². The van der Waals surface area contributed by atoms with E-state index in [1.165, 1.54) is 0 Å². The molecule has 1 aromatic heterocycles. The third-order valence-electron chi connectivity index (χ3n) is 2.64. The van der Waals surface area contributed by atoms with Gasteiger partial charge in [-0.05, 0) is 12.5 Å². The van der Waals surface area contributed by atoms with Crippen LogP contribution in [0.4, 0.5) is 11.8 Å². The van der Waals surface area contributed by atoms with Gasteiger partial charge in [0.15, 0.2) is 0 Å². The monoisotopic (exact) mass is 222 g/mol. The molecule has 1 aromatic rings. The first-order valence-corrected chi connectivity index (χ1v) is 5.57. The van der Waals surface area contributed by atoms with Gasteiger partial charge < -0.3 is 15.0 Å². The van der Waals surface area contributed by atoms with Gasteiger partial charge in [-0.3, -0.25) is 0 Å². The zero-order valence-corrected chi connectivity index (χ0v) is 9.81. The fourth-order valence-corrected chi connectivity index (χ4v) is 1.66. The molecule has 2 heterocycles. The Morgan fingerprint density at radius 2 is 2.44 bits per heavy atom. The summed E-state index contributed by atoms with van der Waals surface area (Å²) in [6, 6.07) is 1.89. The van der Waals surface area contributed by atoms with E-state index in [1.807, 2.05) is 25.1 Å². The van der Waals surface area contributed by atoms with Crippen molar-refractivity contribution in [2.45, 2.75) is 6.42 Å². The van der Waals surface area contributed by atoms with Crippen LogP contribution in [0.1, 0.15) is 6.42 Å². The number of rotatable bonds is 4. The number of nitrogens with one attached hydrogen (secondary N) is 1. The molecule has 0 bridgehead atoms. The number of aromatic nitrogens is 2. The van der Waals surface area contributed by atoms with E-state index in [4.69, 9.17) is 4.74 Å². The minimum Gasteiger partial charge on any atom is -0.381 e. The average Bonchev–Trinajstić information content (AvgIpc) is 2.79. The maximum atomic E-state index is 5.33. The molecular formula is C11H18N4O. The minimum atomic E-state index is 0.609. The van der Waals surface area contributed by atoms with Crippen LogP contribution in [0.2, 0.25) is 0 Å². The predicted octanol–water partition coefficient (Wildman–Crippen LogP) is 0.991. The highest BCUT2D eigenvalue weighted by atomic mass is 16.5. The zero-order valence-electron chi connectivity index (χ0n) is 9.81. The maximum absolute atomic E-state index is 5.33. The first kappa shape index (κ1) is 11.1. The van der Waals surface area contributed by atoms with E-state index in [1.54, 1.807) is 6.20 Å². The van der Waals surface area contributed by atoms with Crippen molar-refractivity contribution in [2.24, 2.45) is 5.92 Å². The Morgan fingerprint density at radius 3 is 3.12 bits per heavy atom. The van der Waals surface area contributed by atoms with Gasteiger partial charge in [0.25, 0.3) is 0 Å². The van der Waals surface area contributed by atoms with Crippen molar-refractivity contribution in [1.29, 1.82) is 0 Å². The molecule has 88 valence electrons. The average molecular weight is 222 g/mol. The molecule has 1 aliphatic heterocycles. The fourth-order valence-electron chi connectivity index (χ4n) is 1.66. The van der Waals surface area contributed by atoms with E-state index < -0.39 is 0 Å². The Bertz CT molecular complexity index is 337. The van der Waals surface area contributed by atoms with E-state index in [0.717, 1.165) is 37.9 Å². The summed E-state index contributed by atoms with van der Waals surface area (Å²) in [5.41, 5.74) is 0. The molecule has 5 nitrogen and oxygen atoms in total. The van der Waals surface area contributed by atoms with Crippen LogP contribution in [0, 0.1) is 5.92 Å². The minimum absolute atomic E-state index is 0.609. The molecule has 5 heteroatoms. The van der Waals surface area contributed by atoms with Crippen molar-refractivity contribution in [2.75, 3.05) is 44.1 Å². The van der Waals surface area contributed by atoms with Crippen LogP contribution in [0.15, 0.2) is 12.3 Å². The molecule has 0 radical (unpaired) electrons. The van der Waals surface area contributed by atoms with Gasteiger partial charge >= 0.3 is 0 Å². The van der Waals surface area contributed by atoms with E-state index in [2.05, 4.69) is 15.3 Å². The summed E-state index contributed by atoms with van der Waals surface area (Å²) in [6.07, 6.45) is 2.91. The zero-order chi connectivity index (χ0) is 11.4. The van der Waals surface area contributed by atoms with E-state index in [-0.39, 0.29) is 0 Å². The Labute approximate surface area is 95.8 Å². The second-order valence-electron chi connectivity index (χ2n) is 4.25. The van der Waals surface area contributed by atoms with Gasteiger partial charge in [-0.1, -0.05) is 0 Å². The van der Waals surface area contributed by atoms with Crippen LogP contribution in [-0.2, 0) is 4.74 Å². The van der Waals surface area contributed by atoms with Crippen LogP contribution in [0.3, 0.4) is 0 Å². The van der Waals surface area contributed by atoms with Crippen molar-refractivity contribution in [3.05, 3.63) is 12.3 Å². The van der Waals surface area contributed by atoms with Crippen molar-refractivity contribution in [3.63, 3.8) is 0 Å². The Balaban J connectivity index is 1.90. The van der Waals surface area contributed by atoms with Gasteiger partial charge in [-0.15, -0.1) is 0 Å². The lowest BCUT2D eigenvalue weighted by Crippen LogP contribution is -2.17. The quantitative estimate of drug-likeness (QED) is 0.823. The van der Waals surface area contributed by atoms with Crippen LogP contribution in [-0.4, -0.2) is 43.8 Å². The topological polar surface area (TPSA) is 50.3 Å². The number of hydrogen-bond donors (Lipinski definition) is 1. The van der Waals surface area contributed by atoms with Crippen molar-refractivity contribution in [1.82, 2.24) is 9.97 Å². The summed E-state index contributed by atoms with van der Waals surface area (Å²) in [4.78, 5) is 10.5. The molecule has 2 rings (SSSR count). The molecule has 0 aliphatic carbocycles. The van der Waals surface area contributed by atoms with Gasteiger partial charge in [0.2, 0.25) is 5.95 Å². The van der Waals surface area contributed by atoms with E-state index >= 15 is 0 Å². The standard InChI is InChI=1S/C11H18N4O/c1-15(2)11-12-5-3-10(14-11)13-7-9-4-6-16-8-9/h3,5,9H,4,6-8H2,1-2H3,(H,12,13,14). The first-order chi connectivity index (χ1) is 7.75. The highest BCUT2D eigenvalue weighted by molar-refractivity contribution is 5.40. The molecule has 0 spiro atoms. The lowest BCUT2D eigenvalue weighted by atomic mass is 10.1. The molecule has 1 aliphatic rings. The fraction of sp³-hybridized carbons (Fsp3) is 0.636. The molecular weight excluding hydrogens is 204 g/mol. The third kappa shape index (κ3) is 2.82. The number of nitrogens with zero attached hydrogens (tertiary/aromatic N) is 3. The highest BCUT2D eigenvalue weighted by Crippen LogP contribution is 2.14. The summed E-state index contributed by atoms with van der Waals surface area (Å²) in [7, 11) is 3.87. The molecule has 1 fully saturated rings. The van der Waals surface area contributed by atoms with Gasteiger partial charge in [0, 0.05) is 39.4 Å². The van der Waals surface area contributed by atoms with Gasteiger partial charge in [0.05, 0.1) is 6.61 Å². The second kappa shape index (κ2) is 5.12. The van der Waals surface area contributed by atoms with Gasteiger partial charge in [-0.2, -0.15) is 4.98 Å². The lowest BCUT2D eigenvalue weighted by molar-refractivity contribution is 0.187. The molecule has 0 aromatic carbocycles. The predicted molar refractivity (Wildman–Crippen MR) is 63.8 cm³/mol. The largest absolute Gasteiger partial charge is 0.381 e. The Hall–Kier alpha value is -1.36. The molecule has 1 saturated heterocycles. The molecule has 1 N–H and O–H groups in total. The Morgan fingerprint density at radius 1 is 1.56 bits per heavy atom. The number of ether oxygens (including phenoxy) is 1. The highest BCUT2D eigenvalue weighted by Gasteiger charge is 2.15. The van der Waals surface area contributed by atoms with Crippen molar-refractivity contribution in [3.8, 4) is 0 Å². The normalized spacial score (nSPS) is 19.8. The molecule has 0 saturated carbocycles. The summed E-state index contributed by atoms with van der Waals surface area (Å²) in [5.74, 6) is 2.22. The van der Waals surface area contributed by atoms with E-state index in [0.29, 0.717) is 5.92 Å². The SMILES string of the molecule is CN(C)c1nccc(NCC2CCOC2)n1. The molecule has 1 atom stereocenters. The van der Waals surface area contributed by atoms with Crippen LogP contribution >= 0.6 is 0 Å². The number of hydrogen-bond acceptors (Lipinski definition) is 5. The number of anilines is 2. The smallest absolute Gasteiger partial charge is 0.226 e. The van der Waals surface area contributed by atoms with Crippen LogP contribution < -0.4 is 10.2 Å². The van der Waals surface area contributed by atoms with Crippen molar-refractivity contribution >= 4 is 11.8 Å². The van der Waals surface area contributed by atoms with Crippen molar-refractivity contribution < 1.29 is 4.74 Å². The lowest BCUT2D eigenvalue weighted by Gasteiger charge is -2.13. The van der Waals surface area contributed by atoms with Gasteiger partial charge in [0.1, 0.15) is 5.82 Å².